The van der Waals surface area contributed by atoms with E-state index in [1.54, 1.807) is 6.08 Å². The number of carbonyl (C=O) groups is 1. The summed E-state index contributed by atoms with van der Waals surface area (Å²) in [5.41, 5.74) is 0. The maximum Gasteiger partial charge on any atom is 0.310 e. The highest BCUT2D eigenvalue weighted by Crippen LogP contribution is 2.11. The van der Waals surface area contributed by atoms with Gasteiger partial charge in [-0.25, -0.2) is 0 Å². The number of hydrogen-bond acceptors (Lipinski definition) is 3. The molecule has 0 radical (unpaired) electrons. The first-order valence-corrected chi connectivity index (χ1v) is 7.74. The van der Waals surface area contributed by atoms with Gasteiger partial charge < -0.3 is 9.84 Å². The number of aliphatic hydroxyl groups excluding tert-OH is 1. The Hall–Kier alpha value is -0.990. The van der Waals surface area contributed by atoms with Crippen LogP contribution in [0.5, 0.6) is 0 Å². The van der Waals surface area contributed by atoms with Crippen molar-refractivity contribution in [3.8, 4) is 0 Å². The standard InChI is InChI=1S/C16H30O3/c1-3-4-5-6-7-8-9-10-11-12-13-14-16(18)19-15(2)17/h14,18H,3-13H2,1-2H3/b16-14+. The molecule has 112 valence electrons. The van der Waals surface area contributed by atoms with Gasteiger partial charge in [-0.2, -0.15) is 0 Å². The average molecular weight is 270 g/mol. The second-order valence-electron chi connectivity index (χ2n) is 5.11. The van der Waals surface area contributed by atoms with Gasteiger partial charge in [-0.05, 0) is 18.9 Å². The second kappa shape index (κ2) is 13.4. The molecule has 0 spiro atoms. The molecule has 0 amide bonds. The molecule has 0 aliphatic heterocycles. The predicted molar refractivity (Wildman–Crippen MR) is 78.9 cm³/mol. The average Bonchev–Trinajstić information content (AvgIpc) is 2.35. The summed E-state index contributed by atoms with van der Waals surface area (Å²) in [6.07, 6.45) is 15.3. The molecule has 0 atom stereocenters. The summed E-state index contributed by atoms with van der Waals surface area (Å²) in [5, 5.41) is 9.18. The minimum Gasteiger partial charge on any atom is -0.481 e. The van der Waals surface area contributed by atoms with Gasteiger partial charge in [0.1, 0.15) is 0 Å². The monoisotopic (exact) mass is 270 g/mol. The normalized spacial score (nSPS) is 11.6. The summed E-state index contributed by atoms with van der Waals surface area (Å²) in [4.78, 5) is 10.5. The molecule has 3 nitrogen and oxygen atoms in total. The first-order chi connectivity index (χ1) is 9.16. The van der Waals surface area contributed by atoms with Gasteiger partial charge in [0.2, 0.25) is 0 Å². The van der Waals surface area contributed by atoms with Crippen molar-refractivity contribution in [3.05, 3.63) is 12.0 Å². The Morgan fingerprint density at radius 3 is 1.89 bits per heavy atom. The first-order valence-electron chi connectivity index (χ1n) is 7.74. The number of esters is 1. The zero-order valence-corrected chi connectivity index (χ0v) is 12.6. The Morgan fingerprint density at radius 1 is 0.947 bits per heavy atom. The quantitative estimate of drug-likeness (QED) is 0.299. The van der Waals surface area contributed by atoms with Gasteiger partial charge in [0.25, 0.3) is 5.95 Å². The fourth-order valence-corrected chi connectivity index (χ4v) is 2.05. The van der Waals surface area contributed by atoms with E-state index in [2.05, 4.69) is 11.7 Å². The minimum absolute atomic E-state index is 0.261. The number of carbonyl (C=O) groups excluding carboxylic acids is 1. The molecule has 19 heavy (non-hydrogen) atoms. The molecular formula is C16H30O3. The highest BCUT2D eigenvalue weighted by atomic mass is 16.6. The van der Waals surface area contributed by atoms with Crippen molar-refractivity contribution >= 4 is 5.97 Å². The molecule has 0 heterocycles. The molecule has 0 aromatic heterocycles. The summed E-state index contributed by atoms with van der Waals surface area (Å²) in [5.74, 6) is -0.736. The summed E-state index contributed by atoms with van der Waals surface area (Å²) < 4.78 is 4.52. The predicted octanol–water partition coefficient (Wildman–Crippen LogP) is 5.26. The topological polar surface area (TPSA) is 46.5 Å². The SMILES string of the molecule is CCCCCCCCCCCC/C=C(\O)OC(C)=O. The molecule has 0 fully saturated rings. The van der Waals surface area contributed by atoms with Crippen LogP contribution in [0, 0.1) is 0 Å². The van der Waals surface area contributed by atoms with Crippen LogP contribution in [0.3, 0.4) is 0 Å². The van der Waals surface area contributed by atoms with E-state index in [1.807, 2.05) is 0 Å². The third-order valence-electron chi connectivity index (χ3n) is 3.12. The van der Waals surface area contributed by atoms with E-state index in [4.69, 9.17) is 0 Å². The molecule has 0 saturated carbocycles. The van der Waals surface area contributed by atoms with Gasteiger partial charge >= 0.3 is 5.97 Å². The molecule has 0 saturated heterocycles. The van der Waals surface area contributed by atoms with Gasteiger partial charge in [-0.1, -0.05) is 64.7 Å². The van der Waals surface area contributed by atoms with Crippen molar-refractivity contribution in [2.75, 3.05) is 0 Å². The van der Waals surface area contributed by atoms with Gasteiger partial charge in [-0.3, -0.25) is 4.79 Å². The highest BCUT2D eigenvalue weighted by molar-refractivity contribution is 5.66. The lowest BCUT2D eigenvalue weighted by atomic mass is 10.1. The Bertz CT molecular complexity index is 246. The van der Waals surface area contributed by atoms with Crippen LogP contribution in [0.25, 0.3) is 0 Å². The number of ether oxygens (including phenoxy) is 1. The fourth-order valence-electron chi connectivity index (χ4n) is 2.05. The zero-order chi connectivity index (χ0) is 14.3. The van der Waals surface area contributed by atoms with Crippen LogP contribution in [0.15, 0.2) is 12.0 Å². The summed E-state index contributed by atoms with van der Waals surface area (Å²) in [6, 6.07) is 0. The van der Waals surface area contributed by atoms with E-state index >= 15 is 0 Å². The van der Waals surface area contributed by atoms with Crippen molar-refractivity contribution in [2.24, 2.45) is 0 Å². The van der Waals surface area contributed by atoms with E-state index in [-0.39, 0.29) is 5.95 Å². The van der Waals surface area contributed by atoms with Crippen molar-refractivity contribution < 1.29 is 14.6 Å². The van der Waals surface area contributed by atoms with Crippen molar-refractivity contribution in [3.63, 3.8) is 0 Å². The van der Waals surface area contributed by atoms with Crippen LogP contribution in [0.2, 0.25) is 0 Å². The molecule has 3 heteroatoms. The van der Waals surface area contributed by atoms with Gasteiger partial charge in [-0.15, -0.1) is 0 Å². The number of rotatable bonds is 12. The molecule has 0 aromatic carbocycles. The number of aliphatic hydroxyl groups is 1. The Balaban J connectivity index is 3.20. The summed E-state index contributed by atoms with van der Waals surface area (Å²) in [6.45, 7) is 3.53. The molecule has 1 N–H and O–H groups in total. The minimum atomic E-state index is -0.475. The zero-order valence-electron chi connectivity index (χ0n) is 12.6. The highest BCUT2D eigenvalue weighted by Gasteiger charge is 1.97. The van der Waals surface area contributed by atoms with Crippen LogP contribution in [0.1, 0.15) is 84.5 Å². The third kappa shape index (κ3) is 15.0. The van der Waals surface area contributed by atoms with Crippen LogP contribution in [-0.4, -0.2) is 11.1 Å². The molecule has 0 unspecified atom stereocenters. The Kier molecular flexibility index (Phi) is 12.7. The lowest BCUT2D eigenvalue weighted by Gasteiger charge is -2.01. The molecule has 0 aliphatic rings. The first kappa shape index (κ1) is 18.0. The van der Waals surface area contributed by atoms with E-state index < -0.39 is 5.97 Å². The second-order valence-corrected chi connectivity index (χ2v) is 5.11. The number of hydrogen-bond donors (Lipinski definition) is 1. The summed E-state index contributed by atoms with van der Waals surface area (Å²) in [7, 11) is 0. The maximum absolute atomic E-state index is 10.5. The van der Waals surface area contributed by atoms with E-state index in [9.17, 15) is 9.90 Å². The number of unbranched alkanes of at least 4 members (excludes halogenated alkanes) is 10. The van der Waals surface area contributed by atoms with Crippen molar-refractivity contribution in [1.29, 1.82) is 0 Å². The molecule has 0 rings (SSSR count). The summed E-state index contributed by atoms with van der Waals surface area (Å²) >= 11 is 0. The van der Waals surface area contributed by atoms with Crippen LogP contribution in [0.4, 0.5) is 0 Å². The van der Waals surface area contributed by atoms with Gasteiger partial charge in [0, 0.05) is 6.92 Å². The largest absolute Gasteiger partial charge is 0.481 e. The van der Waals surface area contributed by atoms with E-state index in [0.29, 0.717) is 0 Å². The smallest absolute Gasteiger partial charge is 0.310 e. The van der Waals surface area contributed by atoms with Crippen molar-refractivity contribution in [1.82, 2.24) is 0 Å². The van der Waals surface area contributed by atoms with Gasteiger partial charge in [0.15, 0.2) is 0 Å². The lowest BCUT2D eigenvalue weighted by molar-refractivity contribution is -0.140. The Morgan fingerprint density at radius 2 is 1.42 bits per heavy atom. The molecule has 0 bridgehead atoms. The van der Waals surface area contributed by atoms with Crippen molar-refractivity contribution in [2.45, 2.75) is 84.5 Å². The van der Waals surface area contributed by atoms with E-state index in [0.717, 1.165) is 12.8 Å². The van der Waals surface area contributed by atoms with Crippen LogP contribution >= 0.6 is 0 Å². The lowest BCUT2D eigenvalue weighted by Crippen LogP contribution is -1.97. The van der Waals surface area contributed by atoms with E-state index in [1.165, 1.54) is 64.7 Å². The molecule has 0 aliphatic carbocycles. The van der Waals surface area contributed by atoms with Crippen LogP contribution < -0.4 is 0 Å². The molecule has 0 aromatic rings. The maximum atomic E-state index is 10.5. The third-order valence-corrected chi connectivity index (χ3v) is 3.12. The molecular weight excluding hydrogens is 240 g/mol. The van der Waals surface area contributed by atoms with Gasteiger partial charge in [0.05, 0.1) is 0 Å². The Labute approximate surface area is 118 Å². The fraction of sp³-hybridized carbons (Fsp3) is 0.812. The van der Waals surface area contributed by atoms with Crippen LogP contribution in [-0.2, 0) is 9.53 Å². The number of allylic oxidation sites excluding steroid dienone is 1.